The number of para-hydroxylation sites is 3. The normalized spacial score (nSPS) is 11.0. The summed E-state index contributed by atoms with van der Waals surface area (Å²) in [4.78, 5) is 17.4. The van der Waals surface area contributed by atoms with E-state index in [9.17, 15) is 4.79 Å². The molecule has 5 nitrogen and oxygen atoms in total. The molecule has 0 aliphatic heterocycles. The first kappa shape index (κ1) is 22.9. The van der Waals surface area contributed by atoms with Gasteiger partial charge in [0.25, 0.3) is 5.91 Å². The van der Waals surface area contributed by atoms with Gasteiger partial charge in [-0.2, -0.15) is 0 Å². The molecule has 0 radical (unpaired) electrons. The number of carbonyl (C=O) groups is 1. The highest BCUT2D eigenvalue weighted by atomic mass is 35.5. The molecule has 0 spiro atoms. The fourth-order valence-electron chi connectivity index (χ4n) is 3.98. The lowest BCUT2D eigenvalue weighted by molar-refractivity contribution is 0.0949. The molecule has 0 aliphatic carbocycles. The third kappa shape index (κ3) is 5.37. The van der Waals surface area contributed by atoms with Crippen LogP contribution in [-0.2, 0) is 13.1 Å². The number of hydrogen-bond acceptors (Lipinski definition) is 3. The molecule has 1 aromatic heterocycles. The number of rotatable bonds is 9. The summed E-state index contributed by atoms with van der Waals surface area (Å²) in [6.07, 6.45) is 1.86. The van der Waals surface area contributed by atoms with Gasteiger partial charge in [-0.15, -0.1) is 0 Å². The summed E-state index contributed by atoms with van der Waals surface area (Å²) in [6, 6.07) is 21.3. The van der Waals surface area contributed by atoms with Crippen molar-refractivity contribution in [2.75, 3.05) is 6.61 Å². The Morgan fingerprint density at radius 3 is 2.48 bits per heavy atom. The Kier molecular flexibility index (Phi) is 7.30. The summed E-state index contributed by atoms with van der Waals surface area (Å²) >= 11 is 6.16. The zero-order valence-electron chi connectivity index (χ0n) is 19.0. The summed E-state index contributed by atoms with van der Waals surface area (Å²) in [5.41, 5.74) is 4.77. The van der Waals surface area contributed by atoms with Crippen molar-refractivity contribution in [1.29, 1.82) is 0 Å². The monoisotopic (exact) mass is 461 g/mol. The summed E-state index contributed by atoms with van der Waals surface area (Å²) in [5, 5.41) is 3.40. The summed E-state index contributed by atoms with van der Waals surface area (Å²) in [7, 11) is 0. The number of fused-ring (bicyclic) bond motifs is 1. The molecule has 0 aliphatic rings. The van der Waals surface area contributed by atoms with E-state index in [-0.39, 0.29) is 5.91 Å². The first-order valence-electron chi connectivity index (χ1n) is 11.2. The summed E-state index contributed by atoms with van der Waals surface area (Å²) < 4.78 is 8.23. The molecule has 170 valence electrons. The lowest BCUT2D eigenvalue weighted by atomic mass is 10.1. The minimum absolute atomic E-state index is 0.207. The molecule has 0 fully saturated rings. The molecule has 0 saturated heterocycles. The van der Waals surface area contributed by atoms with Gasteiger partial charge in [-0.25, -0.2) is 4.98 Å². The van der Waals surface area contributed by atoms with Gasteiger partial charge in [0.2, 0.25) is 0 Å². The van der Waals surface area contributed by atoms with E-state index in [1.807, 2.05) is 30.3 Å². The zero-order chi connectivity index (χ0) is 23.2. The number of halogens is 1. The molecular formula is C27H28ClN3O2. The second kappa shape index (κ2) is 10.5. The number of hydrogen-bond donors (Lipinski definition) is 1. The average molecular weight is 462 g/mol. The molecule has 0 atom stereocenters. The van der Waals surface area contributed by atoms with Crippen molar-refractivity contribution in [1.82, 2.24) is 14.9 Å². The van der Waals surface area contributed by atoms with Gasteiger partial charge in [0.1, 0.15) is 11.6 Å². The average Bonchev–Trinajstić information content (AvgIpc) is 3.16. The topological polar surface area (TPSA) is 56.1 Å². The fraction of sp³-hybridized carbons (Fsp3) is 0.259. The predicted molar refractivity (Wildman–Crippen MR) is 133 cm³/mol. The Morgan fingerprint density at radius 2 is 1.70 bits per heavy atom. The van der Waals surface area contributed by atoms with Crippen molar-refractivity contribution in [3.8, 4) is 5.75 Å². The van der Waals surface area contributed by atoms with Gasteiger partial charge in [0.15, 0.2) is 0 Å². The number of imidazole rings is 1. The van der Waals surface area contributed by atoms with E-state index in [0.29, 0.717) is 23.7 Å². The molecule has 4 aromatic rings. The molecule has 0 unspecified atom stereocenters. The third-order valence-corrected chi connectivity index (χ3v) is 6.02. The van der Waals surface area contributed by atoms with Gasteiger partial charge in [-0.1, -0.05) is 54.1 Å². The van der Waals surface area contributed by atoms with Gasteiger partial charge < -0.3 is 14.6 Å². The van der Waals surface area contributed by atoms with Crippen LogP contribution >= 0.6 is 11.6 Å². The second-order valence-corrected chi connectivity index (χ2v) is 8.51. The first-order chi connectivity index (χ1) is 16.0. The van der Waals surface area contributed by atoms with E-state index in [4.69, 9.17) is 21.3 Å². The number of benzene rings is 3. The van der Waals surface area contributed by atoms with Crippen molar-refractivity contribution < 1.29 is 9.53 Å². The van der Waals surface area contributed by atoms with Gasteiger partial charge in [0.05, 0.1) is 34.8 Å². The Morgan fingerprint density at radius 1 is 0.970 bits per heavy atom. The molecule has 1 N–H and O–H groups in total. The maximum absolute atomic E-state index is 12.6. The third-order valence-electron chi connectivity index (χ3n) is 5.69. The van der Waals surface area contributed by atoms with E-state index < -0.39 is 0 Å². The zero-order valence-corrected chi connectivity index (χ0v) is 19.7. The Hall–Kier alpha value is -3.31. The number of unbranched alkanes of at least 4 members (excludes halogenated alkanes) is 1. The molecule has 4 rings (SSSR count). The maximum Gasteiger partial charge on any atom is 0.253 e. The van der Waals surface area contributed by atoms with Crippen LogP contribution in [0.25, 0.3) is 11.0 Å². The Bertz CT molecular complexity index is 1250. The standard InChI is InChI=1S/C27H28ClN3O2/c1-19-10-9-11-20(2)26(19)33-17-8-7-16-31-24-15-6-5-14-23(24)30-25(31)18-29-27(32)21-12-3-4-13-22(21)28/h3-6,9-15H,7-8,16-18H2,1-2H3,(H,29,32). The van der Waals surface area contributed by atoms with Gasteiger partial charge in [0, 0.05) is 6.54 Å². The van der Waals surface area contributed by atoms with Gasteiger partial charge >= 0.3 is 0 Å². The Labute approximate surface area is 199 Å². The maximum atomic E-state index is 12.6. The minimum atomic E-state index is -0.207. The summed E-state index contributed by atoms with van der Waals surface area (Å²) in [5.74, 6) is 1.60. The van der Waals surface area contributed by atoms with Crippen LogP contribution in [0.1, 0.15) is 40.2 Å². The van der Waals surface area contributed by atoms with E-state index in [1.165, 1.54) is 0 Å². The van der Waals surface area contributed by atoms with Crippen molar-refractivity contribution in [3.05, 3.63) is 94.3 Å². The van der Waals surface area contributed by atoms with Crippen molar-refractivity contribution in [2.45, 2.75) is 39.8 Å². The van der Waals surface area contributed by atoms with Crippen LogP contribution in [0.2, 0.25) is 5.02 Å². The molecular weight excluding hydrogens is 434 g/mol. The van der Waals surface area contributed by atoms with Crippen LogP contribution in [0.3, 0.4) is 0 Å². The minimum Gasteiger partial charge on any atom is -0.493 e. The van der Waals surface area contributed by atoms with E-state index in [1.54, 1.807) is 18.2 Å². The second-order valence-electron chi connectivity index (χ2n) is 8.11. The molecule has 6 heteroatoms. The first-order valence-corrected chi connectivity index (χ1v) is 11.6. The van der Waals surface area contributed by atoms with Crippen molar-refractivity contribution >= 4 is 28.5 Å². The Balaban J connectivity index is 1.40. The lowest BCUT2D eigenvalue weighted by Crippen LogP contribution is -2.25. The largest absolute Gasteiger partial charge is 0.493 e. The molecule has 3 aromatic carbocycles. The molecule has 0 bridgehead atoms. The number of amides is 1. The van der Waals surface area contributed by atoms with Crippen LogP contribution in [0.5, 0.6) is 5.75 Å². The van der Waals surface area contributed by atoms with E-state index in [0.717, 1.165) is 53.1 Å². The SMILES string of the molecule is Cc1cccc(C)c1OCCCCn1c(CNC(=O)c2ccccc2Cl)nc2ccccc21. The quantitative estimate of drug-likeness (QED) is 0.306. The van der Waals surface area contributed by atoms with E-state index >= 15 is 0 Å². The highest BCUT2D eigenvalue weighted by Gasteiger charge is 2.14. The van der Waals surface area contributed by atoms with Crippen molar-refractivity contribution in [3.63, 3.8) is 0 Å². The number of aromatic nitrogens is 2. The van der Waals surface area contributed by atoms with Crippen molar-refractivity contribution in [2.24, 2.45) is 0 Å². The van der Waals surface area contributed by atoms with E-state index in [2.05, 4.69) is 41.9 Å². The van der Waals surface area contributed by atoms with Crippen LogP contribution in [0, 0.1) is 13.8 Å². The highest BCUT2D eigenvalue weighted by Crippen LogP contribution is 2.23. The summed E-state index contributed by atoms with van der Waals surface area (Å²) in [6.45, 7) is 5.94. The van der Waals surface area contributed by atoms with Crippen LogP contribution < -0.4 is 10.1 Å². The van der Waals surface area contributed by atoms with Gasteiger partial charge in [-0.3, -0.25) is 4.79 Å². The smallest absolute Gasteiger partial charge is 0.253 e. The van der Waals surface area contributed by atoms with Gasteiger partial charge in [-0.05, 0) is 62.1 Å². The molecule has 0 saturated carbocycles. The predicted octanol–water partition coefficient (Wildman–Crippen LogP) is 6.10. The molecule has 1 amide bonds. The number of nitrogens with zero attached hydrogens (tertiary/aromatic N) is 2. The van der Waals surface area contributed by atoms with Crippen LogP contribution in [0.4, 0.5) is 0 Å². The number of ether oxygens (including phenoxy) is 1. The van der Waals surface area contributed by atoms with Crippen LogP contribution in [-0.4, -0.2) is 22.1 Å². The number of carbonyl (C=O) groups excluding carboxylic acids is 1. The number of aryl methyl sites for hydroxylation is 3. The molecule has 1 heterocycles. The fourth-order valence-corrected chi connectivity index (χ4v) is 4.20. The van der Waals surface area contributed by atoms with Crippen LogP contribution in [0.15, 0.2) is 66.7 Å². The lowest BCUT2D eigenvalue weighted by Gasteiger charge is -2.13. The number of nitrogens with one attached hydrogen (secondary N) is 1. The molecule has 33 heavy (non-hydrogen) atoms. The highest BCUT2D eigenvalue weighted by molar-refractivity contribution is 6.33.